The fourth-order valence-electron chi connectivity index (χ4n) is 1.97. The summed E-state index contributed by atoms with van der Waals surface area (Å²) in [5, 5.41) is 21.5. The van der Waals surface area contributed by atoms with Gasteiger partial charge in [0.1, 0.15) is 11.0 Å². The molecule has 2 aromatic heterocycles. The van der Waals surface area contributed by atoms with Crippen molar-refractivity contribution in [2.75, 3.05) is 5.32 Å². The Hall–Kier alpha value is -2.97. The van der Waals surface area contributed by atoms with Crippen LogP contribution >= 0.6 is 0 Å². The van der Waals surface area contributed by atoms with Crippen LogP contribution in [0.2, 0.25) is 0 Å². The Balaban J connectivity index is 1.65. The lowest BCUT2D eigenvalue weighted by atomic mass is 10.2. The molecule has 9 nitrogen and oxygen atoms in total. The van der Waals surface area contributed by atoms with Gasteiger partial charge < -0.3 is 15.1 Å². The van der Waals surface area contributed by atoms with E-state index >= 15 is 0 Å². The van der Waals surface area contributed by atoms with Crippen LogP contribution < -0.4 is 10.6 Å². The van der Waals surface area contributed by atoms with E-state index in [0.717, 1.165) is 0 Å². The number of hydrogen-bond donors (Lipinski definition) is 2. The molecule has 0 aliphatic carbocycles. The number of amides is 2. The highest BCUT2D eigenvalue weighted by Crippen LogP contribution is 2.19. The van der Waals surface area contributed by atoms with Crippen molar-refractivity contribution in [1.82, 2.24) is 30.5 Å². The first-order valence-corrected chi connectivity index (χ1v) is 6.82. The second kappa shape index (κ2) is 5.80. The lowest BCUT2D eigenvalue weighted by Gasteiger charge is -2.05. The minimum atomic E-state index is -0.380. The molecule has 3 rings (SSSR count). The van der Waals surface area contributed by atoms with Crippen LogP contribution in [-0.2, 0) is 20.0 Å². The summed E-state index contributed by atoms with van der Waals surface area (Å²) >= 11 is 0. The van der Waals surface area contributed by atoms with Crippen molar-refractivity contribution >= 4 is 22.8 Å². The number of hydrogen-bond acceptors (Lipinski definition) is 6. The van der Waals surface area contributed by atoms with Crippen molar-refractivity contribution in [3.63, 3.8) is 0 Å². The summed E-state index contributed by atoms with van der Waals surface area (Å²) in [6, 6.07) is 5.02. The normalized spacial score (nSPS) is 10.8. The Morgan fingerprint density at radius 3 is 2.86 bits per heavy atom. The van der Waals surface area contributed by atoms with Gasteiger partial charge in [-0.3, -0.25) is 0 Å². The zero-order valence-electron chi connectivity index (χ0n) is 12.2. The first kappa shape index (κ1) is 14.0. The van der Waals surface area contributed by atoms with Gasteiger partial charge in [0.05, 0.1) is 12.2 Å². The van der Waals surface area contributed by atoms with Gasteiger partial charge in [-0.1, -0.05) is 13.0 Å². The molecule has 0 bridgehead atoms. The Kier molecular flexibility index (Phi) is 3.69. The highest BCUT2D eigenvalue weighted by molar-refractivity contribution is 5.98. The fourth-order valence-corrected chi connectivity index (χ4v) is 1.97. The van der Waals surface area contributed by atoms with Crippen LogP contribution in [0, 0.1) is 0 Å². The second-order valence-electron chi connectivity index (χ2n) is 4.61. The average Bonchev–Trinajstić information content (AvgIpc) is 3.11. The Morgan fingerprint density at radius 2 is 2.09 bits per heavy atom. The minimum absolute atomic E-state index is 0.162. The Bertz CT molecular complexity index is 808. The van der Waals surface area contributed by atoms with Crippen LogP contribution in [0.3, 0.4) is 0 Å². The summed E-state index contributed by atoms with van der Waals surface area (Å²) in [5.74, 6) is 0.909. The maximum absolute atomic E-state index is 11.9. The number of urea groups is 1. The fraction of sp³-hybridized carbons (Fsp3) is 0.308. The van der Waals surface area contributed by atoms with Gasteiger partial charge in [-0.25, -0.2) is 4.79 Å². The van der Waals surface area contributed by atoms with E-state index in [-0.39, 0.29) is 12.6 Å². The van der Waals surface area contributed by atoms with Crippen LogP contribution in [0.1, 0.15) is 18.7 Å². The lowest BCUT2D eigenvalue weighted by Crippen LogP contribution is -2.28. The molecule has 22 heavy (non-hydrogen) atoms. The molecule has 1 aromatic carbocycles. The number of carbonyl (C=O) groups excluding carboxylic acids is 1. The lowest BCUT2D eigenvalue weighted by molar-refractivity contribution is 0.250. The molecule has 0 aliphatic rings. The number of rotatable bonds is 4. The van der Waals surface area contributed by atoms with Crippen molar-refractivity contribution in [3.05, 3.63) is 30.0 Å². The second-order valence-corrected chi connectivity index (χ2v) is 4.61. The summed E-state index contributed by atoms with van der Waals surface area (Å²) in [7, 11) is 1.73. The van der Waals surface area contributed by atoms with Crippen LogP contribution in [-0.4, -0.2) is 31.2 Å². The standard InChI is InChI=1S/C13H15N7O2/c1-3-10-16-17-11(22-10)7-14-13(21)15-8-5-4-6-9-12(8)19-20(2)18-9/h4-6H,3,7H2,1-2H3,(H2,14,15,21). The molecule has 2 N–H and O–H groups in total. The zero-order valence-corrected chi connectivity index (χ0v) is 12.2. The summed E-state index contributed by atoms with van der Waals surface area (Å²) < 4.78 is 5.32. The maximum atomic E-state index is 11.9. The van der Waals surface area contributed by atoms with Crippen LogP contribution in [0.5, 0.6) is 0 Å². The first-order chi connectivity index (χ1) is 10.7. The molecule has 0 radical (unpaired) electrons. The monoisotopic (exact) mass is 301 g/mol. The number of anilines is 1. The molecule has 2 heterocycles. The number of aryl methyl sites for hydroxylation is 2. The van der Waals surface area contributed by atoms with E-state index in [9.17, 15) is 4.79 Å². The van der Waals surface area contributed by atoms with E-state index in [1.165, 1.54) is 4.80 Å². The highest BCUT2D eigenvalue weighted by atomic mass is 16.4. The first-order valence-electron chi connectivity index (χ1n) is 6.82. The van der Waals surface area contributed by atoms with E-state index in [0.29, 0.717) is 34.9 Å². The van der Waals surface area contributed by atoms with Gasteiger partial charge in [0.2, 0.25) is 11.8 Å². The van der Waals surface area contributed by atoms with Crippen LogP contribution in [0.25, 0.3) is 11.0 Å². The minimum Gasteiger partial charge on any atom is -0.423 e. The Morgan fingerprint density at radius 1 is 1.27 bits per heavy atom. The quantitative estimate of drug-likeness (QED) is 0.750. The molecule has 3 aromatic rings. The molecule has 0 fully saturated rings. The molecule has 0 spiro atoms. The van der Waals surface area contributed by atoms with Gasteiger partial charge in [-0.05, 0) is 12.1 Å². The van der Waals surface area contributed by atoms with Gasteiger partial charge in [0.15, 0.2) is 0 Å². The van der Waals surface area contributed by atoms with E-state index in [2.05, 4.69) is 31.0 Å². The van der Waals surface area contributed by atoms with E-state index < -0.39 is 0 Å². The van der Waals surface area contributed by atoms with Gasteiger partial charge in [0, 0.05) is 13.5 Å². The zero-order chi connectivity index (χ0) is 15.5. The third-order valence-electron chi connectivity index (χ3n) is 2.97. The smallest absolute Gasteiger partial charge is 0.319 e. The molecule has 0 unspecified atom stereocenters. The molecule has 114 valence electrons. The highest BCUT2D eigenvalue weighted by Gasteiger charge is 2.10. The van der Waals surface area contributed by atoms with Crippen LogP contribution in [0.4, 0.5) is 10.5 Å². The summed E-state index contributed by atoms with van der Waals surface area (Å²) in [6.45, 7) is 2.08. The van der Waals surface area contributed by atoms with Crippen molar-refractivity contribution in [3.8, 4) is 0 Å². The molecule has 0 saturated carbocycles. The van der Waals surface area contributed by atoms with Crippen LogP contribution in [0.15, 0.2) is 22.6 Å². The average molecular weight is 301 g/mol. The van der Waals surface area contributed by atoms with E-state index in [1.807, 2.05) is 13.0 Å². The molecule has 0 saturated heterocycles. The number of aromatic nitrogens is 5. The van der Waals surface area contributed by atoms with Gasteiger partial charge in [-0.15, -0.1) is 10.2 Å². The Labute approximate surface area is 125 Å². The largest absolute Gasteiger partial charge is 0.423 e. The SMILES string of the molecule is CCc1nnc(CNC(=O)Nc2cccc3nn(C)nc23)o1. The molecule has 0 atom stereocenters. The molecular formula is C13H15N7O2. The van der Waals surface area contributed by atoms with Gasteiger partial charge in [0.25, 0.3) is 0 Å². The van der Waals surface area contributed by atoms with Crippen molar-refractivity contribution in [2.24, 2.45) is 7.05 Å². The van der Waals surface area contributed by atoms with E-state index in [1.54, 1.807) is 19.2 Å². The van der Waals surface area contributed by atoms with Gasteiger partial charge >= 0.3 is 6.03 Å². The molecule has 9 heteroatoms. The third-order valence-corrected chi connectivity index (χ3v) is 2.97. The van der Waals surface area contributed by atoms with Gasteiger partial charge in [-0.2, -0.15) is 15.0 Å². The van der Waals surface area contributed by atoms with Crippen molar-refractivity contribution < 1.29 is 9.21 Å². The number of nitrogens with zero attached hydrogens (tertiary/aromatic N) is 5. The van der Waals surface area contributed by atoms with Crippen molar-refractivity contribution in [1.29, 1.82) is 0 Å². The number of benzene rings is 1. The third kappa shape index (κ3) is 2.87. The number of nitrogens with one attached hydrogen (secondary N) is 2. The molecular weight excluding hydrogens is 286 g/mol. The summed E-state index contributed by atoms with van der Waals surface area (Å²) in [4.78, 5) is 13.4. The maximum Gasteiger partial charge on any atom is 0.319 e. The summed E-state index contributed by atoms with van der Waals surface area (Å²) in [5.41, 5.74) is 1.93. The topological polar surface area (TPSA) is 111 Å². The molecule has 2 amide bonds. The summed E-state index contributed by atoms with van der Waals surface area (Å²) in [6.07, 6.45) is 0.661. The molecule has 0 aliphatic heterocycles. The van der Waals surface area contributed by atoms with Crippen molar-refractivity contribution in [2.45, 2.75) is 19.9 Å². The predicted octanol–water partition coefficient (Wildman–Crippen LogP) is 1.24. The predicted molar refractivity (Wildman–Crippen MR) is 78.0 cm³/mol. The number of fused-ring (bicyclic) bond motifs is 1. The number of carbonyl (C=O) groups is 1. The van der Waals surface area contributed by atoms with E-state index in [4.69, 9.17) is 4.42 Å².